The van der Waals surface area contributed by atoms with E-state index in [1.54, 1.807) is 12.3 Å². The Balaban J connectivity index is 1.32. The SMILES string of the molecule is O=C(Cc1ccccc1)N[C@@H]1C(=O)N2C(C(=O)OC(c3ccccc3)c3ccccc3)=C(c3ccc(CCl)cn3)CS[C@H]12. The van der Waals surface area contributed by atoms with E-state index in [4.69, 9.17) is 16.3 Å². The Kier molecular flexibility index (Phi) is 8.58. The summed E-state index contributed by atoms with van der Waals surface area (Å²) in [5.74, 6) is -0.545. The normalized spacial score (nSPS) is 17.7. The molecule has 7 nitrogen and oxygen atoms in total. The fourth-order valence-electron chi connectivity index (χ4n) is 5.24. The minimum atomic E-state index is -0.754. The third kappa shape index (κ3) is 6.07. The van der Waals surface area contributed by atoms with Crippen molar-refractivity contribution in [2.45, 2.75) is 29.8 Å². The van der Waals surface area contributed by atoms with Crippen LogP contribution in [0, 0.1) is 0 Å². The van der Waals surface area contributed by atoms with Crippen LogP contribution in [0.25, 0.3) is 5.57 Å². The number of alkyl halides is 1. The summed E-state index contributed by atoms with van der Waals surface area (Å²) < 4.78 is 6.22. The molecule has 0 spiro atoms. The molecule has 0 aliphatic carbocycles. The number of nitrogens with zero attached hydrogens (tertiary/aromatic N) is 2. The number of hydrogen-bond acceptors (Lipinski definition) is 6. The van der Waals surface area contributed by atoms with E-state index in [9.17, 15) is 14.4 Å². The Labute approximate surface area is 258 Å². The number of nitrogens with one attached hydrogen (secondary N) is 1. The number of esters is 1. The molecule has 2 amide bonds. The van der Waals surface area contributed by atoms with Crippen LogP contribution in [-0.2, 0) is 31.4 Å². The zero-order valence-electron chi connectivity index (χ0n) is 23.1. The Morgan fingerprint density at radius 2 is 1.53 bits per heavy atom. The molecule has 43 heavy (non-hydrogen) atoms. The van der Waals surface area contributed by atoms with Crippen molar-refractivity contribution in [2.75, 3.05) is 5.75 Å². The second-order valence-electron chi connectivity index (χ2n) is 10.2. The topological polar surface area (TPSA) is 88.6 Å². The molecule has 3 aromatic carbocycles. The molecule has 0 radical (unpaired) electrons. The van der Waals surface area contributed by atoms with E-state index in [0.717, 1.165) is 22.3 Å². The number of halogens is 1. The summed E-state index contributed by atoms with van der Waals surface area (Å²) in [6.45, 7) is 0. The van der Waals surface area contributed by atoms with Crippen molar-refractivity contribution in [1.29, 1.82) is 0 Å². The lowest BCUT2D eigenvalue weighted by Gasteiger charge is -2.49. The maximum atomic E-state index is 14.1. The second-order valence-corrected chi connectivity index (χ2v) is 11.6. The molecule has 0 unspecified atom stereocenters. The highest BCUT2D eigenvalue weighted by molar-refractivity contribution is 8.00. The first-order valence-electron chi connectivity index (χ1n) is 13.9. The van der Waals surface area contributed by atoms with Crippen molar-refractivity contribution in [3.8, 4) is 0 Å². The maximum absolute atomic E-state index is 14.1. The molecule has 3 heterocycles. The lowest BCUT2D eigenvalue weighted by molar-refractivity contribution is -0.154. The third-order valence-electron chi connectivity index (χ3n) is 7.40. The number of rotatable bonds is 9. The van der Waals surface area contributed by atoms with Gasteiger partial charge >= 0.3 is 5.97 Å². The zero-order chi connectivity index (χ0) is 29.8. The highest BCUT2D eigenvalue weighted by Gasteiger charge is 2.55. The molecule has 1 aromatic heterocycles. The fraction of sp³-hybridized carbons (Fsp3) is 0.176. The average Bonchev–Trinajstić information content (AvgIpc) is 3.06. The summed E-state index contributed by atoms with van der Waals surface area (Å²) in [6.07, 6.45) is 1.13. The Hall–Kier alpha value is -4.40. The van der Waals surface area contributed by atoms with E-state index in [1.165, 1.54) is 16.7 Å². The van der Waals surface area contributed by atoms with E-state index < -0.39 is 23.5 Å². The summed E-state index contributed by atoms with van der Waals surface area (Å²) in [4.78, 5) is 46.6. The van der Waals surface area contributed by atoms with Gasteiger partial charge in [0.05, 0.1) is 12.1 Å². The number of carbonyl (C=O) groups excluding carboxylic acids is 3. The van der Waals surface area contributed by atoms with Crippen LogP contribution in [-0.4, -0.2) is 44.8 Å². The zero-order valence-corrected chi connectivity index (χ0v) is 24.6. The summed E-state index contributed by atoms with van der Waals surface area (Å²) >= 11 is 7.46. The monoisotopic (exact) mass is 609 g/mol. The van der Waals surface area contributed by atoms with Crippen LogP contribution in [0.3, 0.4) is 0 Å². The van der Waals surface area contributed by atoms with Gasteiger partial charge in [-0.3, -0.25) is 19.5 Å². The van der Waals surface area contributed by atoms with Crippen LogP contribution in [0.4, 0.5) is 0 Å². The van der Waals surface area contributed by atoms with Crippen molar-refractivity contribution in [1.82, 2.24) is 15.2 Å². The predicted molar refractivity (Wildman–Crippen MR) is 167 cm³/mol. The van der Waals surface area contributed by atoms with Crippen LogP contribution < -0.4 is 5.32 Å². The Morgan fingerprint density at radius 1 is 0.907 bits per heavy atom. The number of hydrogen-bond donors (Lipinski definition) is 1. The van der Waals surface area contributed by atoms with Gasteiger partial charge in [-0.25, -0.2) is 4.79 Å². The quantitative estimate of drug-likeness (QED) is 0.153. The van der Waals surface area contributed by atoms with Gasteiger partial charge in [-0.15, -0.1) is 23.4 Å². The lowest BCUT2D eigenvalue weighted by Crippen LogP contribution is -2.70. The van der Waals surface area contributed by atoms with Crippen molar-refractivity contribution < 1.29 is 19.1 Å². The molecule has 2 aliphatic heterocycles. The van der Waals surface area contributed by atoms with Gasteiger partial charge in [-0.2, -0.15) is 0 Å². The van der Waals surface area contributed by atoms with Crippen molar-refractivity contribution in [3.63, 3.8) is 0 Å². The Bertz CT molecular complexity index is 1610. The number of carbonyl (C=O) groups is 3. The number of β-lactam (4-membered cyclic amide) rings is 1. The maximum Gasteiger partial charge on any atom is 0.356 e. The number of fused-ring (bicyclic) bond motifs is 1. The van der Waals surface area contributed by atoms with Crippen LogP contribution in [0.1, 0.15) is 34.1 Å². The van der Waals surface area contributed by atoms with Gasteiger partial charge in [0.15, 0.2) is 6.10 Å². The highest BCUT2D eigenvalue weighted by atomic mass is 35.5. The second kappa shape index (κ2) is 12.9. The number of aromatic nitrogens is 1. The van der Waals surface area contributed by atoms with Gasteiger partial charge in [0.25, 0.3) is 5.91 Å². The van der Waals surface area contributed by atoms with E-state index in [2.05, 4.69) is 10.3 Å². The molecular formula is C34H28ClN3O4S. The van der Waals surface area contributed by atoms with Crippen LogP contribution in [0.2, 0.25) is 0 Å². The smallest absolute Gasteiger partial charge is 0.356 e. The third-order valence-corrected chi connectivity index (χ3v) is 8.99. The molecular weight excluding hydrogens is 582 g/mol. The van der Waals surface area contributed by atoms with Gasteiger partial charge in [0, 0.05) is 23.4 Å². The molecule has 1 fully saturated rings. The predicted octanol–water partition coefficient (Wildman–Crippen LogP) is 5.51. The number of ether oxygens (including phenoxy) is 1. The molecule has 1 N–H and O–H groups in total. The lowest BCUT2D eigenvalue weighted by atomic mass is 9.99. The molecule has 4 aromatic rings. The first kappa shape index (κ1) is 28.7. The molecule has 6 rings (SSSR count). The summed E-state index contributed by atoms with van der Waals surface area (Å²) in [5, 5.41) is 2.43. The van der Waals surface area contributed by atoms with Crippen molar-refractivity contribution in [2.24, 2.45) is 0 Å². The van der Waals surface area contributed by atoms with Gasteiger partial charge in [-0.05, 0) is 28.3 Å². The first-order valence-corrected chi connectivity index (χ1v) is 15.4. The molecule has 2 atom stereocenters. The number of thioether (sulfide) groups is 1. The van der Waals surface area contributed by atoms with E-state index in [0.29, 0.717) is 22.9 Å². The van der Waals surface area contributed by atoms with Gasteiger partial charge < -0.3 is 10.1 Å². The fourth-order valence-corrected chi connectivity index (χ4v) is 6.75. The average molecular weight is 610 g/mol. The molecule has 1 saturated heterocycles. The van der Waals surface area contributed by atoms with Crippen LogP contribution in [0.15, 0.2) is 115 Å². The highest BCUT2D eigenvalue weighted by Crippen LogP contribution is 2.44. The first-order chi connectivity index (χ1) is 21.0. The van der Waals surface area contributed by atoms with Crippen molar-refractivity contribution >= 4 is 46.7 Å². The largest absolute Gasteiger partial charge is 0.448 e. The minimum Gasteiger partial charge on any atom is -0.448 e. The summed E-state index contributed by atoms with van der Waals surface area (Å²) in [7, 11) is 0. The number of pyridine rings is 1. The molecule has 2 aliphatic rings. The van der Waals surface area contributed by atoms with Crippen LogP contribution in [0.5, 0.6) is 0 Å². The summed E-state index contributed by atoms with van der Waals surface area (Å²) in [5.41, 5.74) is 4.59. The minimum absolute atomic E-state index is 0.144. The summed E-state index contributed by atoms with van der Waals surface area (Å²) in [6, 6.07) is 31.2. The van der Waals surface area contributed by atoms with Crippen molar-refractivity contribution in [3.05, 3.63) is 143 Å². The van der Waals surface area contributed by atoms with Gasteiger partial charge in [0.1, 0.15) is 17.1 Å². The van der Waals surface area contributed by atoms with E-state index in [1.807, 2.05) is 97.1 Å². The number of benzene rings is 3. The van der Waals surface area contributed by atoms with Crippen LogP contribution >= 0.6 is 23.4 Å². The number of amides is 2. The molecule has 0 bridgehead atoms. The molecule has 216 valence electrons. The molecule has 9 heteroatoms. The Morgan fingerprint density at radius 3 is 2.12 bits per heavy atom. The van der Waals surface area contributed by atoms with Gasteiger partial charge in [0.2, 0.25) is 5.91 Å². The molecule has 0 saturated carbocycles. The van der Waals surface area contributed by atoms with E-state index in [-0.39, 0.29) is 23.9 Å². The van der Waals surface area contributed by atoms with E-state index >= 15 is 0 Å². The van der Waals surface area contributed by atoms with Gasteiger partial charge in [-0.1, -0.05) is 97.1 Å². The standard InChI is InChI=1S/C34H28ClN3O4S/c35-19-23-16-17-27(36-20-23)26-21-43-33-29(37-28(39)18-22-10-4-1-5-11-22)32(40)38(33)30(26)34(41)42-31(24-12-6-2-7-13-24)25-14-8-3-9-15-25/h1-17,20,29,31,33H,18-19,21H2,(H,37,39)/t29-,33-/m1/s1.